The summed E-state index contributed by atoms with van der Waals surface area (Å²) in [6, 6.07) is 10.5. The average Bonchev–Trinajstić information content (AvgIpc) is 3.09. The molecule has 214 valence electrons. The largest absolute Gasteiger partial charge is 0.490 e. The number of carbonyl (C=O) groups excluding carboxylic acids is 3. The van der Waals surface area contributed by atoms with E-state index in [0.717, 1.165) is 9.37 Å². The Labute approximate surface area is 248 Å². The molecule has 2 aromatic carbocycles. The van der Waals surface area contributed by atoms with Gasteiger partial charge in [-0.25, -0.2) is 14.5 Å². The molecule has 1 saturated heterocycles. The Balaban J connectivity index is 1.59. The molecule has 2 heterocycles. The Morgan fingerprint density at radius 1 is 0.950 bits per heavy atom. The fraction of sp³-hybridized carbons (Fsp3) is 0.433. The zero-order valence-corrected chi connectivity index (χ0v) is 25.9. The van der Waals surface area contributed by atoms with Crippen molar-refractivity contribution >= 4 is 63.0 Å². The number of halogens is 2. The van der Waals surface area contributed by atoms with Crippen molar-refractivity contribution in [2.45, 2.75) is 71.7 Å². The van der Waals surface area contributed by atoms with Crippen LogP contribution in [-0.2, 0) is 14.3 Å². The number of fused-ring (bicyclic) bond motifs is 1. The number of rotatable bonds is 3. The minimum atomic E-state index is -0.785. The lowest BCUT2D eigenvalue weighted by Gasteiger charge is -2.33. The minimum absolute atomic E-state index is 0.124. The van der Waals surface area contributed by atoms with Crippen molar-refractivity contribution in [2.24, 2.45) is 0 Å². The highest BCUT2D eigenvalue weighted by atomic mass is 79.9. The van der Waals surface area contributed by atoms with Gasteiger partial charge in [-0.1, -0.05) is 33.6 Å². The van der Waals surface area contributed by atoms with Crippen LogP contribution < -0.4 is 9.64 Å². The Morgan fingerprint density at radius 2 is 1.57 bits per heavy atom. The summed E-state index contributed by atoms with van der Waals surface area (Å²) in [7, 11) is 0. The molecule has 3 amide bonds. The van der Waals surface area contributed by atoms with E-state index in [0.29, 0.717) is 59.1 Å². The predicted octanol–water partition coefficient (Wildman–Crippen LogP) is 7.70. The second-order valence-corrected chi connectivity index (χ2v) is 13.2. The molecule has 0 aliphatic carbocycles. The van der Waals surface area contributed by atoms with Crippen molar-refractivity contribution in [2.75, 3.05) is 18.0 Å². The first-order valence-electron chi connectivity index (χ1n) is 13.1. The molecule has 0 saturated carbocycles. The van der Waals surface area contributed by atoms with Gasteiger partial charge in [0.15, 0.2) is 0 Å². The maximum absolute atomic E-state index is 13.6. The fourth-order valence-corrected chi connectivity index (χ4v) is 4.99. The summed E-state index contributed by atoms with van der Waals surface area (Å²) in [5.41, 5.74) is 0.582. The third-order valence-electron chi connectivity index (χ3n) is 6.16. The van der Waals surface area contributed by atoms with Crippen molar-refractivity contribution in [1.29, 1.82) is 0 Å². The molecule has 0 aromatic heterocycles. The van der Waals surface area contributed by atoms with Crippen LogP contribution in [0.15, 0.2) is 40.9 Å². The number of nitrogens with zero attached hydrogens (tertiary/aromatic N) is 2. The molecule has 10 heteroatoms. The second kappa shape index (κ2) is 11.4. The first-order chi connectivity index (χ1) is 18.6. The number of amides is 3. The number of hydrogen-bond acceptors (Lipinski definition) is 6. The predicted molar refractivity (Wildman–Crippen MR) is 159 cm³/mol. The first kappa shape index (κ1) is 29.9. The monoisotopic (exact) mass is 632 g/mol. The summed E-state index contributed by atoms with van der Waals surface area (Å²) in [4.78, 5) is 41.8. The molecule has 2 aliphatic rings. The number of anilines is 1. The van der Waals surface area contributed by atoms with Gasteiger partial charge in [-0.3, -0.25) is 4.79 Å². The smallest absolute Gasteiger partial charge is 0.422 e. The number of likely N-dealkylation sites (tertiary alicyclic amines) is 1. The summed E-state index contributed by atoms with van der Waals surface area (Å²) in [5.74, 6) is 0.0774. The molecule has 0 spiro atoms. The van der Waals surface area contributed by atoms with Crippen LogP contribution in [0.2, 0.25) is 5.02 Å². The lowest BCUT2D eigenvalue weighted by molar-refractivity contribution is -0.112. The summed E-state index contributed by atoms with van der Waals surface area (Å²) in [5, 5.41) is 0.394. The molecular weight excluding hydrogens is 600 g/mol. The Hall–Kier alpha value is -3.04. The van der Waals surface area contributed by atoms with Gasteiger partial charge in [0.1, 0.15) is 23.1 Å². The van der Waals surface area contributed by atoms with E-state index in [4.69, 9.17) is 25.8 Å². The lowest BCUT2D eigenvalue weighted by atomic mass is 10.0. The molecule has 2 aliphatic heterocycles. The number of ether oxygens (including phenoxy) is 3. The van der Waals surface area contributed by atoms with Crippen molar-refractivity contribution in [3.8, 4) is 5.75 Å². The Morgan fingerprint density at radius 3 is 2.20 bits per heavy atom. The summed E-state index contributed by atoms with van der Waals surface area (Å²) >= 11 is 9.74. The van der Waals surface area contributed by atoms with Crippen molar-refractivity contribution in [1.82, 2.24) is 4.90 Å². The maximum atomic E-state index is 13.6. The maximum Gasteiger partial charge on any atom is 0.422 e. The van der Waals surface area contributed by atoms with E-state index >= 15 is 0 Å². The van der Waals surface area contributed by atoms with E-state index in [1.54, 1.807) is 49.9 Å². The van der Waals surface area contributed by atoms with E-state index < -0.39 is 23.2 Å². The number of hydrogen-bond donors (Lipinski definition) is 0. The van der Waals surface area contributed by atoms with E-state index in [1.165, 1.54) is 0 Å². The summed E-state index contributed by atoms with van der Waals surface area (Å²) in [6.45, 7) is 11.8. The van der Waals surface area contributed by atoms with Crippen LogP contribution in [0.5, 0.6) is 5.75 Å². The van der Waals surface area contributed by atoms with Gasteiger partial charge < -0.3 is 19.1 Å². The van der Waals surface area contributed by atoms with Gasteiger partial charge in [-0.05, 0) is 78.0 Å². The lowest BCUT2D eigenvalue weighted by Crippen LogP contribution is -2.44. The van der Waals surface area contributed by atoms with Crippen LogP contribution in [0, 0.1) is 0 Å². The van der Waals surface area contributed by atoms with Gasteiger partial charge in [0.05, 0.1) is 11.3 Å². The van der Waals surface area contributed by atoms with Crippen LogP contribution in [0.1, 0.15) is 65.5 Å². The van der Waals surface area contributed by atoms with Gasteiger partial charge in [0.2, 0.25) is 0 Å². The summed E-state index contributed by atoms with van der Waals surface area (Å²) in [6.07, 6.45) is 1.77. The highest BCUT2D eigenvalue weighted by Gasteiger charge is 2.39. The van der Waals surface area contributed by atoms with Crippen LogP contribution in [0.3, 0.4) is 0 Å². The zero-order chi connectivity index (χ0) is 29.4. The van der Waals surface area contributed by atoms with Crippen LogP contribution >= 0.6 is 27.5 Å². The molecule has 8 nitrogen and oxygen atoms in total. The van der Waals surface area contributed by atoms with Crippen molar-refractivity contribution in [3.05, 3.63) is 57.0 Å². The minimum Gasteiger partial charge on any atom is -0.490 e. The number of imide groups is 1. The average molecular weight is 634 g/mol. The van der Waals surface area contributed by atoms with Crippen LogP contribution in [-0.4, -0.2) is 53.4 Å². The molecule has 4 rings (SSSR count). The highest BCUT2D eigenvalue weighted by Crippen LogP contribution is 2.41. The van der Waals surface area contributed by atoms with Crippen molar-refractivity contribution in [3.63, 3.8) is 0 Å². The van der Waals surface area contributed by atoms with E-state index in [-0.39, 0.29) is 12.2 Å². The second-order valence-electron chi connectivity index (χ2n) is 11.8. The molecule has 1 fully saturated rings. The van der Waals surface area contributed by atoms with Crippen molar-refractivity contribution < 1.29 is 28.6 Å². The van der Waals surface area contributed by atoms with Crippen LogP contribution in [0.4, 0.5) is 15.3 Å². The van der Waals surface area contributed by atoms with Gasteiger partial charge >= 0.3 is 12.2 Å². The van der Waals surface area contributed by atoms with E-state index in [9.17, 15) is 14.4 Å². The third-order valence-corrected chi connectivity index (χ3v) is 6.89. The molecular formula is C30H34BrClN2O6. The molecule has 0 unspecified atom stereocenters. The number of benzene rings is 2. The SMILES string of the molecule is CC(C)(C)OC(=O)N1CCC(Oc2ccc(Br)cc2C=C2C(=O)N(C(=O)OC(C)(C)C)c3cc(Cl)ccc32)CC1. The van der Waals surface area contributed by atoms with Gasteiger partial charge in [0.25, 0.3) is 5.91 Å². The van der Waals surface area contributed by atoms with E-state index in [2.05, 4.69) is 15.9 Å². The normalized spacial score (nSPS) is 17.2. The van der Waals surface area contributed by atoms with Crippen LogP contribution in [0.25, 0.3) is 11.6 Å². The topological polar surface area (TPSA) is 85.4 Å². The third kappa shape index (κ3) is 7.18. The molecule has 0 bridgehead atoms. The Kier molecular flexibility index (Phi) is 8.57. The highest BCUT2D eigenvalue weighted by molar-refractivity contribution is 9.10. The first-order valence-corrected chi connectivity index (χ1v) is 14.3. The fourth-order valence-electron chi connectivity index (χ4n) is 4.45. The van der Waals surface area contributed by atoms with E-state index in [1.807, 2.05) is 39.0 Å². The van der Waals surface area contributed by atoms with Gasteiger partial charge in [-0.2, -0.15) is 0 Å². The molecule has 0 radical (unpaired) electrons. The zero-order valence-electron chi connectivity index (χ0n) is 23.5. The Bertz CT molecular complexity index is 1350. The molecule has 0 N–H and O–H groups in total. The molecule has 0 atom stereocenters. The summed E-state index contributed by atoms with van der Waals surface area (Å²) < 4.78 is 18.2. The molecule has 40 heavy (non-hydrogen) atoms. The number of carbonyl (C=O) groups is 3. The quantitative estimate of drug-likeness (QED) is 0.322. The number of piperidine rings is 1. The van der Waals surface area contributed by atoms with Gasteiger partial charge in [0, 0.05) is 46.6 Å². The standard InChI is InChI=1S/C30H34BrClN2O6/c1-29(2,3)39-27(36)33-13-11-21(12-14-33)38-25-10-7-19(31)15-18(25)16-23-22-9-8-20(32)17-24(22)34(26(23)35)28(37)40-30(4,5)6/h7-10,15-17,21H,11-14H2,1-6H3. The van der Waals surface area contributed by atoms with Gasteiger partial charge in [-0.15, -0.1) is 0 Å². The molecule has 2 aromatic rings.